The van der Waals surface area contributed by atoms with E-state index in [0.717, 1.165) is 15.6 Å². The van der Waals surface area contributed by atoms with Crippen LogP contribution >= 0.6 is 27.5 Å². The second-order valence-corrected chi connectivity index (χ2v) is 5.49. The van der Waals surface area contributed by atoms with Crippen LogP contribution in [0.3, 0.4) is 0 Å². The molecule has 0 saturated carbocycles. The lowest BCUT2D eigenvalue weighted by Gasteiger charge is -2.07. The van der Waals surface area contributed by atoms with Crippen LogP contribution in [0.1, 0.15) is 11.1 Å². The second-order valence-electron chi connectivity index (χ2n) is 4.17. The Morgan fingerprint density at radius 3 is 2.47 bits per heavy atom. The molecule has 2 rings (SSSR count). The SMILES string of the molecule is O=C(Cc1ccc(Br)cc1)NCc1ccccc1Cl. The number of rotatable bonds is 4. The normalized spacial score (nSPS) is 10.2. The summed E-state index contributed by atoms with van der Waals surface area (Å²) < 4.78 is 1.01. The summed E-state index contributed by atoms with van der Waals surface area (Å²) in [5.74, 6) is -0.0118. The summed E-state index contributed by atoms with van der Waals surface area (Å²) in [5, 5.41) is 3.54. The summed E-state index contributed by atoms with van der Waals surface area (Å²) in [6.45, 7) is 0.453. The standard InChI is InChI=1S/C15H13BrClNO/c16-13-7-5-11(6-8-13)9-15(19)18-10-12-3-1-2-4-14(12)17/h1-8H,9-10H2,(H,18,19). The van der Waals surface area contributed by atoms with E-state index in [2.05, 4.69) is 21.2 Å². The van der Waals surface area contributed by atoms with Gasteiger partial charge in [0.05, 0.1) is 6.42 Å². The first kappa shape index (κ1) is 14.1. The number of hydrogen-bond donors (Lipinski definition) is 1. The van der Waals surface area contributed by atoms with Crippen LogP contribution in [0, 0.1) is 0 Å². The van der Waals surface area contributed by atoms with Crippen LogP contribution in [0.5, 0.6) is 0 Å². The van der Waals surface area contributed by atoms with Gasteiger partial charge in [-0.1, -0.05) is 57.9 Å². The van der Waals surface area contributed by atoms with Gasteiger partial charge in [0, 0.05) is 16.0 Å². The van der Waals surface area contributed by atoms with Crippen molar-refractivity contribution in [1.29, 1.82) is 0 Å². The van der Waals surface area contributed by atoms with Crippen LogP contribution in [-0.2, 0) is 17.8 Å². The average Bonchev–Trinajstić information content (AvgIpc) is 2.40. The molecule has 1 amide bonds. The molecule has 2 nitrogen and oxygen atoms in total. The van der Waals surface area contributed by atoms with Gasteiger partial charge >= 0.3 is 0 Å². The Labute approximate surface area is 125 Å². The third kappa shape index (κ3) is 4.37. The highest BCUT2D eigenvalue weighted by Crippen LogP contribution is 2.14. The van der Waals surface area contributed by atoms with E-state index in [0.29, 0.717) is 18.0 Å². The predicted molar refractivity (Wildman–Crippen MR) is 81.1 cm³/mol. The van der Waals surface area contributed by atoms with Crippen molar-refractivity contribution in [2.45, 2.75) is 13.0 Å². The number of halogens is 2. The third-order valence-electron chi connectivity index (χ3n) is 2.71. The van der Waals surface area contributed by atoms with Crippen molar-refractivity contribution >= 4 is 33.4 Å². The predicted octanol–water partition coefficient (Wildman–Crippen LogP) is 3.96. The van der Waals surface area contributed by atoms with Crippen molar-refractivity contribution in [3.05, 3.63) is 69.2 Å². The summed E-state index contributed by atoms with van der Waals surface area (Å²) in [6, 6.07) is 15.2. The third-order valence-corrected chi connectivity index (χ3v) is 3.61. The maximum atomic E-state index is 11.8. The molecule has 1 N–H and O–H groups in total. The minimum absolute atomic E-state index is 0.0118. The quantitative estimate of drug-likeness (QED) is 0.898. The topological polar surface area (TPSA) is 29.1 Å². The van der Waals surface area contributed by atoms with E-state index in [4.69, 9.17) is 11.6 Å². The van der Waals surface area contributed by atoms with Gasteiger partial charge in [0.2, 0.25) is 5.91 Å². The molecule has 0 aliphatic heterocycles. The molecule has 0 radical (unpaired) electrons. The number of carbonyl (C=O) groups excluding carboxylic acids is 1. The maximum absolute atomic E-state index is 11.8. The Morgan fingerprint density at radius 2 is 1.79 bits per heavy atom. The zero-order chi connectivity index (χ0) is 13.7. The van der Waals surface area contributed by atoms with Crippen LogP contribution in [0.4, 0.5) is 0 Å². The van der Waals surface area contributed by atoms with Crippen LogP contribution in [0.25, 0.3) is 0 Å². The molecule has 98 valence electrons. The van der Waals surface area contributed by atoms with Crippen molar-refractivity contribution in [2.24, 2.45) is 0 Å². The lowest BCUT2D eigenvalue weighted by Crippen LogP contribution is -2.24. The molecule has 0 unspecified atom stereocenters. The van der Waals surface area contributed by atoms with Crippen molar-refractivity contribution in [2.75, 3.05) is 0 Å². The van der Waals surface area contributed by atoms with E-state index < -0.39 is 0 Å². The molecule has 0 atom stereocenters. The minimum Gasteiger partial charge on any atom is -0.352 e. The average molecular weight is 339 g/mol. The van der Waals surface area contributed by atoms with Crippen LogP contribution in [-0.4, -0.2) is 5.91 Å². The summed E-state index contributed by atoms with van der Waals surface area (Å²) in [5.41, 5.74) is 1.91. The van der Waals surface area contributed by atoms with Gasteiger partial charge in [0.15, 0.2) is 0 Å². The summed E-state index contributed by atoms with van der Waals surface area (Å²) >= 11 is 9.39. The number of nitrogens with one attached hydrogen (secondary N) is 1. The molecule has 0 fully saturated rings. The monoisotopic (exact) mass is 337 g/mol. The molecule has 0 spiro atoms. The Bertz CT molecular complexity index is 569. The fourth-order valence-corrected chi connectivity index (χ4v) is 2.15. The molecule has 0 heterocycles. The van der Waals surface area contributed by atoms with Gasteiger partial charge in [-0.2, -0.15) is 0 Å². The molecule has 2 aromatic carbocycles. The fraction of sp³-hybridized carbons (Fsp3) is 0.133. The van der Waals surface area contributed by atoms with E-state index in [1.54, 1.807) is 0 Å². The van der Waals surface area contributed by atoms with Crippen molar-refractivity contribution in [1.82, 2.24) is 5.32 Å². The summed E-state index contributed by atoms with van der Waals surface area (Å²) in [6.07, 6.45) is 0.373. The maximum Gasteiger partial charge on any atom is 0.224 e. The molecule has 19 heavy (non-hydrogen) atoms. The highest BCUT2D eigenvalue weighted by atomic mass is 79.9. The Hall–Kier alpha value is -1.32. The Balaban J connectivity index is 1.88. The van der Waals surface area contributed by atoms with E-state index >= 15 is 0 Å². The van der Waals surface area contributed by atoms with Gasteiger partial charge in [-0.15, -0.1) is 0 Å². The van der Waals surface area contributed by atoms with Gasteiger partial charge < -0.3 is 5.32 Å². The van der Waals surface area contributed by atoms with E-state index in [1.807, 2.05) is 48.5 Å². The molecule has 0 aliphatic carbocycles. The number of amides is 1. The smallest absolute Gasteiger partial charge is 0.224 e. The number of carbonyl (C=O) groups is 1. The zero-order valence-corrected chi connectivity index (χ0v) is 12.5. The van der Waals surface area contributed by atoms with Crippen LogP contribution < -0.4 is 5.32 Å². The summed E-state index contributed by atoms with van der Waals surface area (Å²) in [7, 11) is 0. The first-order chi connectivity index (χ1) is 9.15. The number of hydrogen-bond acceptors (Lipinski definition) is 1. The van der Waals surface area contributed by atoms with Gasteiger partial charge in [-0.3, -0.25) is 4.79 Å². The van der Waals surface area contributed by atoms with Gasteiger partial charge in [0.1, 0.15) is 0 Å². The highest BCUT2D eigenvalue weighted by Gasteiger charge is 2.04. The van der Waals surface area contributed by atoms with E-state index in [-0.39, 0.29) is 5.91 Å². The lowest BCUT2D eigenvalue weighted by atomic mass is 10.1. The molecule has 0 aliphatic rings. The van der Waals surface area contributed by atoms with E-state index in [1.165, 1.54) is 0 Å². The minimum atomic E-state index is -0.0118. The van der Waals surface area contributed by atoms with Gasteiger partial charge in [-0.05, 0) is 29.3 Å². The zero-order valence-electron chi connectivity index (χ0n) is 10.2. The first-order valence-electron chi connectivity index (χ1n) is 5.90. The van der Waals surface area contributed by atoms with Crippen molar-refractivity contribution in [3.8, 4) is 0 Å². The molecule has 0 aromatic heterocycles. The van der Waals surface area contributed by atoms with Gasteiger partial charge in [0.25, 0.3) is 0 Å². The molecule has 0 bridgehead atoms. The lowest BCUT2D eigenvalue weighted by molar-refractivity contribution is -0.120. The molecule has 0 saturated heterocycles. The largest absolute Gasteiger partial charge is 0.352 e. The van der Waals surface area contributed by atoms with Crippen LogP contribution in [0.15, 0.2) is 53.0 Å². The van der Waals surface area contributed by atoms with E-state index in [9.17, 15) is 4.79 Å². The molecule has 2 aromatic rings. The Kier molecular flexibility index (Phi) is 5.00. The number of benzene rings is 2. The van der Waals surface area contributed by atoms with Crippen LogP contribution in [0.2, 0.25) is 5.02 Å². The fourth-order valence-electron chi connectivity index (χ4n) is 1.69. The van der Waals surface area contributed by atoms with Crippen molar-refractivity contribution < 1.29 is 4.79 Å². The van der Waals surface area contributed by atoms with Gasteiger partial charge in [-0.25, -0.2) is 0 Å². The molecule has 4 heteroatoms. The first-order valence-corrected chi connectivity index (χ1v) is 7.07. The van der Waals surface area contributed by atoms with Crippen molar-refractivity contribution in [3.63, 3.8) is 0 Å². The highest BCUT2D eigenvalue weighted by molar-refractivity contribution is 9.10. The molecular weight excluding hydrogens is 326 g/mol. The Morgan fingerprint density at radius 1 is 1.11 bits per heavy atom. The summed E-state index contributed by atoms with van der Waals surface area (Å²) in [4.78, 5) is 11.8. The second kappa shape index (κ2) is 6.73. The molecular formula is C15H13BrClNO.